The average Bonchev–Trinajstić information content (AvgIpc) is 2.76. The second-order valence-electron chi connectivity index (χ2n) is 5.48. The molecular weight excluding hydrogens is 240 g/mol. The lowest BCUT2D eigenvalue weighted by Gasteiger charge is -2.28. The molecule has 2 aliphatic rings. The molecule has 5 nitrogen and oxygen atoms in total. The molecule has 0 bridgehead atoms. The third-order valence-corrected chi connectivity index (χ3v) is 4.19. The minimum absolute atomic E-state index is 0.232. The van der Waals surface area contributed by atoms with E-state index in [0.29, 0.717) is 6.54 Å². The van der Waals surface area contributed by atoms with Gasteiger partial charge in [0.1, 0.15) is 12.4 Å². The van der Waals surface area contributed by atoms with Crippen molar-refractivity contribution in [2.75, 3.05) is 26.2 Å². The Morgan fingerprint density at radius 1 is 1.26 bits per heavy atom. The summed E-state index contributed by atoms with van der Waals surface area (Å²) in [6.45, 7) is 5.96. The Balaban J connectivity index is 1.75. The minimum Gasteiger partial charge on any atom is -0.339 e. The molecule has 0 unspecified atom stereocenters. The molecule has 1 N–H and O–H groups in total. The number of hydrogen-bond donors (Lipinski definition) is 1. The van der Waals surface area contributed by atoms with Crippen molar-refractivity contribution < 1.29 is 4.79 Å². The highest BCUT2D eigenvalue weighted by Gasteiger charge is 2.22. The Hall–Kier alpha value is -1.36. The molecule has 0 spiro atoms. The summed E-state index contributed by atoms with van der Waals surface area (Å²) in [6, 6.07) is 0. The molecule has 1 aromatic rings. The minimum atomic E-state index is 0.232. The molecule has 1 saturated heterocycles. The summed E-state index contributed by atoms with van der Waals surface area (Å²) in [5.74, 6) is 1.23. The molecule has 2 heterocycles. The van der Waals surface area contributed by atoms with Gasteiger partial charge in [-0.15, -0.1) is 0 Å². The Morgan fingerprint density at radius 3 is 2.79 bits per heavy atom. The van der Waals surface area contributed by atoms with Crippen LogP contribution in [0.3, 0.4) is 0 Å². The summed E-state index contributed by atoms with van der Waals surface area (Å²) in [4.78, 5) is 18.9. The van der Waals surface area contributed by atoms with Crippen LogP contribution in [0.4, 0.5) is 0 Å². The van der Waals surface area contributed by atoms with Gasteiger partial charge in [-0.2, -0.15) is 0 Å². The number of aryl methyl sites for hydroxylation is 2. The lowest BCUT2D eigenvalue weighted by Crippen LogP contribution is -2.47. The van der Waals surface area contributed by atoms with Gasteiger partial charge in [0.05, 0.1) is 5.69 Å². The molecule has 1 amide bonds. The number of rotatable bonds is 2. The summed E-state index contributed by atoms with van der Waals surface area (Å²) in [5, 5.41) is 3.28. The van der Waals surface area contributed by atoms with E-state index < -0.39 is 0 Å². The van der Waals surface area contributed by atoms with Crippen molar-refractivity contribution in [2.45, 2.75) is 39.2 Å². The van der Waals surface area contributed by atoms with Crippen LogP contribution in [0, 0.1) is 6.92 Å². The maximum Gasteiger partial charge on any atom is 0.242 e. The third-order valence-electron chi connectivity index (χ3n) is 4.19. The van der Waals surface area contributed by atoms with E-state index in [2.05, 4.69) is 14.9 Å². The zero-order chi connectivity index (χ0) is 13.2. The van der Waals surface area contributed by atoms with E-state index in [1.807, 2.05) is 11.8 Å². The van der Waals surface area contributed by atoms with Crippen LogP contribution in [0.15, 0.2) is 0 Å². The number of aromatic nitrogens is 2. The first kappa shape index (κ1) is 12.7. The Labute approximate surface area is 114 Å². The van der Waals surface area contributed by atoms with Crippen LogP contribution in [-0.4, -0.2) is 46.5 Å². The molecule has 0 atom stereocenters. The number of nitrogens with zero attached hydrogens (tertiary/aromatic N) is 3. The van der Waals surface area contributed by atoms with Gasteiger partial charge in [0.25, 0.3) is 0 Å². The molecule has 1 aliphatic carbocycles. The number of imidazole rings is 1. The van der Waals surface area contributed by atoms with Crippen molar-refractivity contribution >= 4 is 5.91 Å². The fourth-order valence-corrected chi connectivity index (χ4v) is 3.09. The molecule has 0 saturated carbocycles. The van der Waals surface area contributed by atoms with Gasteiger partial charge < -0.3 is 14.8 Å². The highest BCUT2D eigenvalue weighted by molar-refractivity contribution is 5.76. The summed E-state index contributed by atoms with van der Waals surface area (Å²) < 4.78 is 2.14. The number of carbonyl (C=O) groups excluding carboxylic acids is 1. The van der Waals surface area contributed by atoms with Crippen LogP contribution in [0.2, 0.25) is 0 Å². The van der Waals surface area contributed by atoms with Crippen molar-refractivity contribution in [3.8, 4) is 0 Å². The first-order valence-corrected chi connectivity index (χ1v) is 7.29. The van der Waals surface area contributed by atoms with Crippen LogP contribution in [-0.2, 0) is 24.2 Å². The van der Waals surface area contributed by atoms with Crippen LogP contribution in [0.5, 0.6) is 0 Å². The lowest BCUT2D eigenvalue weighted by molar-refractivity contribution is -0.132. The summed E-state index contributed by atoms with van der Waals surface area (Å²) >= 11 is 0. The second-order valence-corrected chi connectivity index (χ2v) is 5.48. The summed E-state index contributed by atoms with van der Waals surface area (Å²) in [5.41, 5.74) is 2.52. The lowest BCUT2D eigenvalue weighted by atomic mass is 10.0. The predicted molar refractivity (Wildman–Crippen MR) is 73.1 cm³/mol. The zero-order valence-electron chi connectivity index (χ0n) is 11.6. The van der Waals surface area contributed by atoms with E-state index in [1.165, 1.54) is 24.2 Å². The summed E-state index contributed by atoms with van der Waals surface area (Å²) in [7, 11) is 0. The molecular formula is C14H22N4O. The van der Waals surface area contributed by atoms with Crippen LogP contribution < -0.4 is 5.32 Å². The van der Waals surface area contributed by atoms with Crippen molar-refractivity contribution in [3.63, 3.8) is 0 Å². The highest BCUT2D eigenvalue weighted by atomic mass is 16.2. The van der Waals surface area contributed by atoms with Gasteiger partial charge in [-0.25, -0.2) is 4.98 Å². The van der Waals surface area contributed by atoms with E-state index in [-0.39, 0.29) is 5.91 Å². The number of piperazine rings is 1. The first-order valence-electron chi connectivity index (χ1n) is 7.29. The van der Waals surface area contributed by atoms with E-state index in [1.54, 1.807) is 0 Å². The van der Waals surface area contributed by atoms with E-state index in [4.69, 9.17) is 0 Å². The Bertz CT molecular complexity index is 474. The van der Waals surface area contributed by atoms with Crippen LogP contribution in [0.1, 0.15) is 30.1 Å². The largest absolute Gasteiger partial charge is 0.339 e. The normalized spacial score (nSPS) is 19.3. The van der Waals surface area contributed by atoms with Crippen molar-refractivity contribution in [3.05, 3.63) is 17.2 Å². The topological polar surface area (TPSA) is 50.2 Å². The molecule has 3 rings (SSSR count). The summed E-state index contributed by atoms with van der Waals surface area (Å²) in [6.07, 6.45) is 4.60. The van der Waals surface area contributed by atoms with Crippen molar-refractivity contribution in [1.82, 2.24) is 19.8 Å². The Morgan fingerprint density at radius 2 is 2.00 bits per heavy atom. The van der Waals surface area contributed by atoms with Crippen molar-refractivity contribution in [2.24, 2.45) is 0 Å². The molecule has 0 radical (unpaired) electrons. The van der Waals surface area contributed by atoms with Gasteiger partial charge in [-0.05, 0) is 32.6 Å². The standard InChI is InChI=1S/C14H22N4O/c1-11-16-12-4-2-3-5-13(12)18(11)10-14(19)17-8-6-15-7-9-17/h15H,2-10H2,1H3. The maximum atomic E-state index is 12.4. The second kappa shape index (κ2) is 5.33. The van der Waals surface area contributed by atoms with Gasteiger partial charge in [0, 0.05) is 31.9 Å². The fraction of sp³-hybridized carbons (Fsp3) is 0.714. The van der Waals surface area contributed by atoms with Gasteiger partial charge in [-0.1, -0.05) is 0 Å². The Kier molecular flexibility index (Phi) is 3.55. The molecule has 1 aromatic heterocycles. The molecule has 5 heteroatoms. The predicted octanol–water partition coefficient (Wildman–Crippen LogP) is 0.502. The number of carbonyl (C=O) groups is 1. The zero-order valence-corrected chi connectivity index (χ0v) is 11.6. The number of amides is 1. The fourth-order valence-electron chi connectivity index (χ4n) is 3.09. The van der Waals surface area contributed by atoms with E-state index in [0.717, 1.165) is 44.8 Å². The van der Waals surface area contributed by atoms with Crippen LogP contribution >= 0.6 is 0 Å². The van der Waals surface area contributed by atoms with Crippen molar-refractivity contribution in [1.29, 1.82) is 0 Å². The molecule has 0 aromatic carbocycles. The third kappa shape index (κ3) is 2.52. The van der Waals surface area contributed by atoms with Crippen LogP contribution in [0.25, 0.3) is 0 Å². The SMILES string of the molecule is Cc1nc2c(n1CC(=O)N1CCNCC1)CCCC2. The van der Waals surface area contributed by atoms with Gasteiger partial charge in [0.15, 0.2) is 0 Å². The average molecular weight is 262 g/mol. The van der Waals surface area contributed by atoms with Gasteiger partial charge >= 0.3 is 0 Å². The maximum absolute atomic E-state index is 12.4. The smallest absolute Gasteiger partial charge is 0.242 e. The number of nitrogens with one attached hydrogen (secondary N) is 1. The highest BCUT2D eigenvalue weighted by Crippen LogP contribution is 2.22. The van der Waals surface area contributed by atoms with E-state index >= 15 is 0 Å². The molecule has 1 aliphatic heterocycles. The van der Waals surface area contributed by atoms with Gasteiger partial charge in [-0.3, -0.25) is 4.79 Å². The quantitative estimate of drug-likeness (QED) is 0.844. The van der Waals surface area contributed by atoms with E-state index in [9.17, 15) is 4.79 Å². The number of hydrogen-bond acceptors (Lipinski definition) is 3. The first-order chi connectivity index (χ1) is 9.25. The molecule has 1 fully saturated rings. The van der Waals surface area contributed by atoms with Gasteiger partial charge in [0.2, 0.25) is 5.91 Å². The monoisotopic (exact) mass is 262 g/mol. The number of fused-ring (bicyclic) bond motifs is 1. The molecule has 104 valence electrons. The molecule has 19 heavy (non-hydrogen) atoms.